The SMILES string of the molecule is COc1ccccc1[C@H]1CC(c2ccc(C)cc2C)=NN1C(=O)CN1CCc2ccccc2C1. The van der Waals surface area contributed by atoms with Gasteiger partial charge in [0.05, 0.1) is 25.4 Å². The van der Waals surface area contributed by atoms with Crippen molar-refractivity contribution in [2.75, 3.05) is 20.2 Å². The summed E-state index contributed by atoms with van der Waals surface area (Å²) in [6.45, 7) is 6.23. The Morgan fingerprint density at radius 3 is 2.59 bits per heavy atom. The molecule has 1 amide bonds. The summed E-state index contributed by atoms with van der Waals surface area (Å²) in [5.41, 5.74) is 8.14. The van der Waals surface area contributed by atoms with Crippen LogP contribution in [0.2, 0.25) is 0 Å². The molecule has 5 rings (SSSR count). The lowest BCUT2D eigenvalue weighted by atomic mass is 9.94. The van der Waals surface area contributed by atoms with Gasteiger partial charge in [-0.15, -0.1) is 0 Å². The summed E-state index contributed by atoms with van der Waals surface area (Å²) in [6.07, 6.45) is 1.63. The number of para-hydroxylation sites is 1. The molecule has 0 saturated carbocycles. The molecule has 5 nitrogen and oxygen atoms in total. The lowest BCUT2D eigenvalue weighted by Crippen LogP contribution is -2.40. The number of carbonyl (C=O) groups is 1. The highest BCUT2D eigenvalue weighted by atomic mass is 16.5. The van der Waals surface area contributed by atoms with E-state index in [4.69, 9.17) is 9.84 Å². The molecule has 5 heteroatoms. The fraction of sp³-hybridized carbons (Fsp3) is 0.310. The number of carbonyl (C=O) groups excluding carboxylic acids is 1. The third-order valence-corrected chi connectivity index (χ3v) is 6.93. The fourth-order valence-electron chi connectivity index (χ4n) is 5.18. The monoisotopic (exact) mass is 453 g/mol. The van der Waals surface area contributed by atoms with E-state index in [-0.39, 0.29) is 11.9 Å². The van der Waals surface area contributed by atoms with Gasteiger partial charge in [-0.05, 0) is 43.0 Å². The standard InChI is InChI=1S/C29H31N3O2/c1-20-12-13-24(21(2)16-20)26-17-27(25-10-6-7-11-28(25)34-3)32(30-26)29(33)19-31-15-14-22-8-4-5-9-23(22)18-31/h4-13,16,27H,14-15,17-19H2,1-3H3/t27-/m1/s1. The largest absolute Gasteiger partial charge is 0.496 e. The van der Waals surface area contributed by atoms with Crippen molar-refractivity contribution in [3.8, 4) is 5.75 Å². The van der Waals surface area contributed by atoms with Gasteiger partial charge in [0.1, 0.15) is 5.75 Å². The number of ether oxygens (including phenoxy) is 1. The Morgan fingerprint density at radius 2 is 1.79 bits per heavy atom. The van der Waals surface area contributed by atoms with Crippen LogP contribution in [0, 0.1) is 13.8 Å². The maximum absolute atomic E-state index is 13.7. The van der Waals surface area contributed by atoms with E-state index in [0.29, 0.717) is 13.0 Å². The van der Waals surface area contributed by atoms with Crippen LogP contribution in [0.3, 0.4) is 0 Å². The van der Waals surface area contributed by atoms with Crippen molar-refractivity contribution in [1.82, 2.24) is 9.91 Å². The molecular formula is C29H31N3O2. The molecule has 0 aromatic heterocycles. The minimum atomic E-state index is -0.184. The van der Waals surface area contributed by atoms with E-state index in [0.717, 1.165) is 42.1 Å². The van der Waals surface area contributed by atoms with Crippen LogP contribution >= 0.6 is 0 Å². The molecule has 0 fully saturated rings. The summed E-state index contributed by atoms with van der Waals surface area (Å²) < 4.78 is 5.66. The van der Waals surface area contributed by atoms with Gasteiger partial charge >= 0.3 is 0 Å². The quantitative estimate of drug-likeness (QED) is 0.543. The van der Waals surface area contributed by atoms with Crippen molar-refractivity contribution < 1.29 is 9.53 Å². The Hall–Kier alpha value is -3.44. The maximum Gasteiger partial charge on any atom is 0.257 e. The number of benzene rings is 3. The van der Waals surface area contributed by atoms with Crippen LogP contribution in [0.1, 0.15) is 45.8 Å². The van der Waals surface area contributed by atoms with E-state index >= 15 is 0 Å². The van der Waals surface area contributed by atoms with E-state index in [1.807, 2.05) is 24.3 Å². The number of rotatable bonds is 5. The number of amides is 1. The van der Waals surface area contributed by atoms with Gasteiger partial charge in [0.15, 0.2) is 0 Å². The highest BCUT2D eigenvalue weighted by Gasteiger charge is 2.36. The molecule has 2 aliphatic heterocycles. The van der Waals surface area contributed by atoms with E-state index < -0.39 is 0 Å². The molecule has 0 bridgehead atoms. The first-order valence-electron chi connectivity index (χ1n) is 11.9. The summed E-state index contributed by atoms with van der Waals surface area (Å²) in [5.74, 6) is 0.810. The van der Waals surface area contributed by atoms with Crippen LogP contribution in [0.15, 0.2) is 71.8 Å². The van der Waals surface area contributed by atoms with Crippen molar-refractivity contribution in [3.05, 3.63) is 100 Å². The van der Waals surface area contributed by atoms with Gasteiger partial charge < -0.3 is 4.74 Å². The molecule has 3 aromatic carbocycles. The number of hydrogen-bond acceptors (Lipinski definition) is 4. The van der Waals surface area contributed by atoms with Crippen molar-refractivity contribution in [1.29, 1.82) is 0 Å². The zero-order chi connectivity index (χ0) is 23.7. The molecule has 34 heavy (non-hydrogen) atoms. The summed E-state index contributed by atoms with van der Waals surface area (Å²) >= 11 is 0. The number of hydrogen-bond donors (Lipinski definition) is 0. The number of hydrazone groups is 1. The number of aryl methyl sites for hydroxylation is 2. The summed E-state index contributed by atoms with van der Waals surface area (Å²) in [6, 6.07) is 22.7. The van der Waals surface area contributed by atoms with E-state index in [1.54, 1.807) is 12.1 Å². The molecule has 0 N–H and O–H groups in total. The van der Waals surface area contributed by atoms with Gasteiger partial charge in [-0.3, -0.25) is 9.69 Å². The van der Waals surface area contributed by atoms with Gasteiger partial charge in [0, 0.05) is 30.6 Å². The van der Waals surface area contributed by atoms with Gasteiger partial charge in [-0.1, -0.05) is 66.2 Å². The third-order valence-electron chi connectivity index (χ3n) is 6.93. The first-order chi connectivity index (χ1) is 16.5. The van der Waals surface area contributed by atoms with E-state index in [2.05, 4.69) is 61.2 Å². The minimum absolute atomic E-state index is 0.0232. The molecule has 2 heterocycles. The zero-order valence-corrected chi connectivity index (χ0v) is 20.1. The number of methoxy groups -OCH3 is 1. The van der Waals surface area contributed by atoms with Gasteiger partial charge in [-0.25, -0.2) is 5.01 Å². The predicted octanol–water partition coefficient (Wildman–Crippen LogP) is 5.05. The Kier molecular flexibility index (Phi) is 6.20. The second-order valence-electron chi connectivity index (χ2n) is 9.29. The predicted molar refractivity (Wildman–Crippen MR) is 135 cm³/mol. The van der Waals surface area contributed by atoms with Crippen LogP contribution in [-0.2, 0) is 17.8 Å². The Bertz CT molecular complexity index is 1250. The highest BCUT2D eigenvalue weighted by molar-refractivity contribution is 6.04. The summed E-state index contributed by atoms with van der Waals surface area (Å²) in [4.78, 5) is 15.9. The van der Waals surface area contributed by atoms with Crippen molar-refractivity contribution in [2.24, 2.45) is 5.10 Å². The molecule has 0 radical (unpaired) electrons. The number of fused-ring (bicyclic) bond motifs is 1. The zero-order valence-electron chi connectivity index (χ0n) is 20.1. The Labute approximate surface area is 201 Å². The number of nitrogens with zero attached hydrogens (tertiary/aromatic N) is 3. The van der Waals surface area contributed by atoms with Crippen LogP contribution in [0.5, 0.6) is 5.75 Å². The van der Waals surface area contributed by atoms with Crippen LogP contribution in [0.25, 0.3) is 0 Å². The van der Waals surface area contributed by atoms with Crippen molar-refractivity contribution >= 4 is 11.6 Å². The Balaban J connectivity index is 1.44. The molecular weight excluding hydrogens is 422 g/mol. The lowest BCUT2D eigenvalue weighted by molar-refractivity contribution is -0.134. The van der Waals surface area contributed by atoms with Crippen LogP contribution in [0.4, 0.5) is 0 Å². The normalized spacial score (nSPS) is 17.9. The topological polar surface area (TPSA) is 45.1 Å². The fourth-order valence-corrected chi connectivity index (χ4v) is 5.18. The summed E-state index contributed by atoms with van der Waals surface area (Å²) in [7, 11) is 1.68. The molecule has 0 spiro atoms. The molecule has 174 valence electrons. The first kappa shape index (κ1) is 22.4. The second kappa shape index (κ2) is 9.43. The smallest absolute Gasteiger partial charge is 0.257 e. The van der Waals surface area contributed by atoms with Gasteiger partial charge in [0.2, 0.25) is 0 Å². The maximum atomic E-state index is 13.7. The third kappa shape index (κ3) is 4.36. The average molecular weight is 454 g/mol. The van der Waals surface area contributed by atoms with Crippen molar-refractivity contribution in [3.63, 3.8) is 0 Å². The first-order valence-corrected chi connectivity index (χ1v) is 11.9. The molecule has 0 unspecified atom stereocenters. The molecule has 0 aliphatic carbocycles. The molecule has 0 saturated heterocycles. The van der Waals surface area contributed by atoms with Crippen LogP contribution in [-0.4, -0.2) is 41.7 Å². The lowest BCUT2D eigenvalue weighted by Gasteiger charge is -2.30. The van der Waals surface area contributed by atoms with Gasteiger partial charge in [-0.2, -0.15) is 5.10 Å². The molecule has 3 aromatic rings. The summed E-state index contributed by atoms with van der Waals surface area (Å²) in [5, 5.41) is 6.61. The van der Waals surface area contributed by atoms with Gasteiger partial charge in [0.25, 0.3) is 5.91 Å². The highest BCUT2D eigenvalue weighted by Crippen LogP contribution is 2.38. The molecule has 2 aliphatic rings. The second-order valence-corrected chi connectivity index (χ2v) is 9.29. The molecule has 1 atom stereocenters. The van der Waals surface area contributed by atoms with Crippen LogP contribution < -0.4 is 4.74 Å². The van der Waals surface area contributed by atoms with Crippen molar-refractivity contribution in [2.45, 2.75) is 39.3 Å². The van der Waals surface area contributed by atoms with E-state index in [9.17, 15) is 4.79 Å². The van der Waals surface area contributed by atoms with E-state index in [1.165, 1.54) is 22.3 Å². The Morgan fingerprint density at radius 1 is 1.03 bits per heavy atom. The average Bonchev–Trinajstić information content (AvgIpc) is 3.29. The minimum Gasteiger partial charge on any atom is -0.496 e.